The zero-order chi connectivity index (χ0) is 25.6. The van der Waals surface area contributed by atoms with Crippen LogP contribution in [0.15, 0.2) is 54.7 Å². The molecular formula is C33H39N2Si+. The second kappa shape index (κ2) is 7.79. The van der Waals surface area contributed by atoms with Gasteiger partial charge >= 0.3 is 0 Å². The van der Waals surface area contributed by atoms with E-state index in [1.807, 2.05) is 0 Å². The number of pyridine rings is 2. The Labute approximate surface area is 215 Å². The summed E-state index contributed by atoms with van der Waals surface area (Å²) in [4.78, 5) is 0. The molecule has 0 radical (unpaired) electrons. The third kappa shape index (κ3) is 2.99. The van der Waals surface area contributed by atoms with Crippen LogP contribution in [0.1, 0.15) is 52.7 Å². The zero-order valence-corrected chi connectivity index (χ0v) is 24.2. The topological polar surface area (TPSA) is 8.29 Å². The van der Waals surface area contributed by atoms with Gasteiger partial charge in [0.2, 0.25) is 5.52 Å². The van der Waals surface area contributed by atoms with E-state index in [1.54, 1.807) is 5.19 Å². The minimum Gasteiger partial charge on any atom is -0.307 e. The summed E-state index contributed by atoms with van der Waals surface area (Å²) in [7, 11) is 0.660. The van der Waals surface area contributed by atoms with Crippen molar-refractivity contribution in [1.82, 2.24) is 4.40 Å². The van der Waals surface area contributed by atoms with Gasteiger partial charge in [-0.05, 0) is 47.1 Å². The maximum atomic E-state index is 2.61. The van der Waals surface area contributed by atoms with Gasteiger partial charge in [-0.2, -0.15) is 0 Å². The summed E-state index contributed by atoms with van der Waals surface area (Å²) in [6.07, 6.45) is 2.27. The SMILES string of the molecule is CC[Si](CC)(CC)c1cc2cc[n+](C)c3c4c(C)ccc5c6cc(C(C)(C)C)ccc6n(c(c1)c23)c54. The number of aromatic nitrogens is 2. The Morgan fingerprint density at radius 3 is 2.19 bits per heavy atom. The number of nitrogens with zero attached hydrogens (tertiary/aromatic N) is 2. The van der Waals surface area contributed by atoms with Gasteiger partial charge in [0, 0.05) is 16.8 Å². The molecule has 3 heteroatoms. The van der Waals surface area contributed by atoms with Crippen molar-refractivity contribution < 1.29 is 4.57 Å². The van der Waals surface area contributed by atoms with Crippen LogP contribution >= 0.6 is 0 Å². The largest absolute Gasteiger partial charge is 0.307 e. The van der Waals surface area contributed by atoms with Crippen LogP contribution in [0.25, 0.3) is 49.0 Å². The Bertz CT molecular complexity index is 1790. The van der Waals surface area contributed by atoms with Gasteiger partial charge in [0.05, 0.1) is 35.4 Å². The average Bonchev–Trinajstić information content (AvgIpc) is 3.19. The highest BCUT2D eigenvalue weighted by Gasteiger charge is 2.32. The Balaban J connectivity index is 1.93. The van der Waals surface area contributed by atoms with Crippen LogP contribution in [0.3, 0.4) is 0 Å². The number of benzene rings is 3. The molecule has 36 heavy (non-hydrogen) atoms. The number of fused-ring (bicyclic) bond motifs is 5. The van der Waals surface area contributed by atoms with E-state index in [2.05, 4.69) is 119 Å². The summed E-state index contributed by atoms with van der Waals surface area (Å²) in [6, 6.07) is 23.2. The van der Waals surface area contributed by atoms with Gasteiger partial charge in [-0.25, -0.2) is 4.57 Å². The first-order valence-corrected chi connectivity index (χ1v) is 16.3. The third-order valence-corrected chi connectivity index (χ3v) is 14.9. The molecule has 6 aromatic rings. The summed E-state index contributed by atoms with van der Waals surface area (Å²) >= 11 is 0. The summed E-state index contributed by atoms with van der Waals surface area (Å²) in [5.74, 6) is 0. The van der Waals surface area contributed by atoms with Gasteiger partial charge in [0.15, 0.2) is 6.20 Å². The van der Waals surface area contributed by atoms with Crippen molar-refractivity contribution in [2.24, 2.45) is 7.05 Å². The predicted octanol–water partition coefficient (Wildman–Crippen LogP) is 8.14. The number of aryl methyl sites for hydroxylation is 2. The average molecular weight is 492 g/mol. The lowest BCUT2D eigenvalue weighted by Crippen LogP contribution is -2.45. The molecule has 0 amide bonds. The smallest absolute Gasteiger partial charge is 0.224 e. The summed E-state index contributed by atoms with van der Waals surface area (Å²) in [5, 5.41) is 8.54. The van der Waals surface area contributed by atoms with Crippen LogP contribution < -0.4 is 9.75 Å². The van der Waals surface area contributed by atoms with Gasteiger partial charge in [0.25, 0.3) is 0 Å². The highest BCUT2D eigenvalue weighted by atomic mass is 28.3. The molecule has 3 aromatic heterocycles. The highest BCUT2D eigenvalue weighted by Crippen LogP contribution is 2.41. The molecule has 0 spiro atoms. The Kier molecular flexibility index (Phi) is 5.08. The van der Waals surface area contributed by atoms with E-state index in [0.717, 1.165) is 0 Å². The maximum Gasteiger partial charge on any atom is 0.224 e. The Morgan fingerprint density at radius 2 is 1.53 bits per heavy atom. The van der Waals surface area contributed by atoms with Crippen molar-refractivity contribution in [1.29, 1.82) is 0 Å². The minimum absolute atomic E-state index is 0.119. The van der Waals surface area contributed by atoms with E-state index in [1.165, 1.54) is 78.3 Å². The molecule has 0 aliphatic rings. The summed E-state index contributed by atoms with van der Waals surface area (Å²) < 4.78 is 4.96. The Hall–Kier alpha value is -2.91. The van der Waals surface area contributed by atoms with Gasteiger partial charge in [-0.15, -0.1) is 0 Å². The van der Waals surface area contributed by atoms with E-state index >= 15 is 0 Å². The van der Waals surface area contributed by atoms with Crippen molar-refractivity contribution >= 4 is 62.3 Å². The van der Waals surface area contributed by atoms with Crippen molar-refractivity contribution in [2.45, 2.75) is 72.0 Å². The molecule has 2 nitrogen and oxygen atoms in total. The molecule has 3 aromatic carbocycles. The van der Waals surface area contributed by atoms with Crippen LogP contribution in [-0.4, -0.2) is 12.5 Å². The molecule has 184 valence electrons. The first-order valence-electron chi connectivity index (χ1n) is 13.7. The van der Waals surface area contributed by atoms with Crippen LogP contribution in [0, 0.1) is 6.92 Å². The predicted molar refractivity (Wildman–Crippen MR) is 160 cm³/mol. The molecule has 3 heterocycles. The van der Waals surface area contributed by atoms with E-state index in [0.29, 0.717) is 0 Å². The monoisotopic (exact) mass is 491 g/mol. The minimum atomic E-state index is -1.55. The molecule has 0 aliphatic heterocycles. The molecule has 6 rings (SSSR count). The molecule has 0 saturated heterocycles. The lowest BCUT2D eigenvalue weighted by atomic mass is 9.86. The Morgan fingerprint density at radius 1 is 0.806 bits per heavy atom. The maximum absolute atomic E-state index is 2.61. The standard InChI is InChI=1S/C33H39N2Si/c1-9-36(10-2,11-3)24-18-22-16-17-34(8)32-29-21(4)12-14-25-26-19-23(33(5,6)7)13-15-27(26)35(31(25)29)28(20-24)30(22)32/h12-20H,9-11H2,1-8H3/q+1. The molecule has 0 atom stereocenters. The fourth-order valence-electron chi connectivity index (χ4n) is 6.85. The first kappa shape index (κ1) is 23.5. The fraction of sp³-hybridized carbons (Fsp3) is 0.364. The molecule has 0 aliphatic carbocycles. The molecule has 0 bridgehead atoms. The van der Waals surface area contributed by atoms with Crippen molar-refractivity contribution in [3.8, 4) is 0 Å². The van der Waals surface area contributed by atoms with E-state index in [4.69, 9.17) is 0 Å². The second-order valence-electron chi connectivity index (χ2n) is 12.0. The van der Waals surface area contributed by atoms with Crippen LogP contribution in [0.2, 0.25) is 18.1 Å². The molecule has 0 fully saturated rings. The third-order valence-electron chi connectivity index (χ3n) is 9.34. The second-order valence-corrected chi connectivity index (χ2v) is 17.3. The van der Waals surface area contributed by atoms with Crippen molar-refractivity contribution in [3.63, 3.8) is 0 Å². The van der Waals surface area contributed by atoms with Crippen LogP contribution in [0.4, 0.5) is 0 Å². The summed E-state index contributed by atoms with van der Waals surface area (Å²) in [6.45, 7) is 16.5. The van der Waals surface area contributed by atoms with E-state index in [-0.39, 0.29) is 5.41 Å². The van der Waals surface area contributed by atoms with Gasteiger partial charge in [0.1, 0.15) is 7.05 Å². The number of hydrogen-bond donors (Lipinski definition) is 0. The van der Waals surface area contributed by atoms with Crippen LogP contribution in [-0.2, 0) is 12.5 Å². The lowest BCUT2D eigenvalue weighted by molar-refractivity contribution is -0.643. The molecule has 0 N–H and O–H groups in total. The van der Waals surface area contributed by atoms with Gasteiger partial charge < -0.3 is 4.40 Å². The van der Waals surface area contributed by atoms with E-state index in [9.17, 15) is 0 Å². The fourth-order valence-corrected chi connectivity index (χ4v) is 10.5. The molecule has 0 saturated carbocycles. The molecular weight excluding hydrogens is 452 g/mol. The van der Waals surface area contributed by atoms with Gasteiger partial charge in [-0.1, -0.05) is 89.1 Å². The number of rotatable bonds is 4. The zero-order valence-electron chi connectivity index (χ0n) is 23.2. The van der Waals surface area contributed by atoms with Crippen LogP contribution in [0.5, 0.6) is 0 Å². The quantitative estimate of drug-likeness (QED) is 0.102. The van der Waals surface area contributed by atoms with E-state index < -0.39 is 8.07 Å². The van der Waals surface area contributed by atoms with Gasteiger partial charge in [-0.3, -0.25) is 0 Å². The molecule has 0 unspecified atom stereocenters. The lowest BCUT2D eigenvalue weighted by Gasteiger charge is -2.29. The summed E-state index contributed by atoms with van der Waals surface area (Å²) in [5.41, 5.74) is 8.31. The first-order chi connectivity index (χ1) is 17.1. The normalized spacial score (nSPS) is 13.3. The van der Waals surface area contributed by atoms with Crippen molar-refractivity contribution in [3.05, 3.63) is 65.9 Å². The number of hydrogen-bond acceptors (Lipinski definition) is 0. The highest BCUT2D eigenvalue weighted by molar-refractivity contribution is 6.92. The van der Waals surface area contributed by atoms with Crippen molar-refractivity contribution in [2.75, 3.05) is 0 Å².